The molecule has 3 aromatic carbocycles. The lowest BCUT2D eigenvalue weighted by Crippen LogP contribution is -2.41. The Bertz CT molecular complexity index is 1390. The smallest absolute Gasteiger partial charge is 0.254 e. The van der Waals surface area contributed by atoms with Crippen LogP contribution in [-0.2, 0) is 4.79 Å². The lowest BCUT2D eigenvalue weighted by atomic mass is 9.93. The second-order valence-electron chi connectivity index (χ2n) is 9.36. The van der Waals surface area contributed by atoms with Crippen LogP contribution in [0.15, 0.2) is 71.8 Å². The largest absolute Gasteiger partial charge is 0.492 e. The summed E-state index contributed by atoms with van der Waals surface area (Å²) in [6, 6.07) is 13.0. The van der Waals surface area contributed by atoms with Gasteiger partial charge in [-0.05, 0) is 79.8 Å². The molecule has 3 aromatic rings. The SMILES string of the molecule is CN(C)CCOc1cccc(C(=O)N2C/C(=C\c3ccc(F)c(F)c3)C(=O)/C(=C/c3ccc(F)c(F)c3)C2)c1. The Morgan fingerprint density at radius 3 is 1.92 bits per heavy atom. The monoisotopic (exact) mass is 538 g/mol. The molecule has 39 heavy (non-hydrogen) atoms. The van der Waals surface area contributed by atoms with Gasteiger partial charge in [-0.2, -0.15) is 0 Å². The highest BCUT2D eigenvalue weighted by atomic mass is 19.2. The molecule has 1 amide bonds. The van der Waals surface area contributed by atoms with Crippen LogP contribution in [0.5, 0.6) is 5.75 Å². The van der Waals surface area contributed by atoms with Gasteiger partial charge in [0.1, 0.15) is 12.4 Å². The van der Waals surface area contributed by atoms with Crippen molar-refractivity contribution in [3.8, 4) is 5.75 Å². The third-order valence-corrected chi connectivity index (χ3v) is 6.05. The van der Waals surface area contributed by atoms with Crippen LogP contribution in [0.4, 0.5) is 17.6 Å². The molecule has 1 heterocycles. The fourth-order valence-electron chi connectivity index (χ4n) is 4.04. The molecule has 0 unspecified atom stereocenters. The van der Waals surface area contributed by atoms with Crippen molar-refractivity contribution in [2.24, 2.45) is 0 Å². The maximum absolute atomic E-state index is 13.8. The second kappa shape index (κ2) is 12.1. The lowest BCUT2D eigenvalue weighted by Gasteiger charge is -2.30. The van der Waals surface area contributed by atoms with E-state index < -0.39 is 35.0 Å². The molecular weight excluding hydrogens is 512 g/mol. The first kappa shape index (κ1) is 27.8. The van der Waals surface area contributed by atoms with Gasteiger partial charge in [0.25, 0.3) is 5.91 Å². The summed E-state index contributed by atoms with van der Waals surface area (Å²) < 4.78 is 60.2. The number of carbonyl (C=O) groups excluding carboxylic acids is 2. The van der Waals surface area contributed by atoms with Crippen molar-refractivity contribution in [1.82, 2.24) is 9.80 Å². The molecule has 1 aliphatic heterocycles. The van der Waals surface area contributed by atoms with Gasteiger partial charge in [0.05, 0.1) is 13.1 Å². The second-order valence-corrected chi connectivity index (χ2v) is 9.36. The van der Waals surface area contributed by atoms with Gasteiger partial charge in [0, 0.05) is 23.3 Å². The highest BCUT2D eigenvalue weighted by Gasteiger charge is 2.30. The number of benzene rings is 3. The number of carbonyl (C=O) groups is 2. The molecule has 0 spiro atoms. The zero-order chi connectivity index (χ0) is 28.1. The summed E-state index contributed by atoms with van der Waals surface area (Å²) in [5.74, 6) is -4.56. The number of ether oxygens (including phenoxy) is 1. The van der Waals surface area contributed by atoms with Gasteiger partial charge in [0.2, 0.25) is 0 Å². The van der Waals surface area contributed by atoms with Crippen molar-refractivity contribution in [2.75, 3.05) is 40.3 Å². The van der Waals surface area contributed by atoms with E-state index in [2.05, 4.69) is 0 Å². The highest BCUT2D eigenvalue weighted by Crippen LogP contribution is 2.25. The van der Waals surface area contributed by atoms with Crippen LogP contribution in [0.25, 0.3) is 12.2 Å². The molecule has 5 nitrogen and oxygen atoms in total. The molecule has 9 heteroatoms. The van der Waals surface area contributed by atoms with Gasteiger partial charge in [-0.1, -0.05) is 18.2 Å². The number of Topliss-reactive ketones (excluding diaryl/α,β-unsaturated/α-hetero) is 1. The molecule has 0 N–H and O–H groups in total. The summed E-state index contributed by atoms with van der Waals surface area (Å²) >= 11 is 0. The van der Waals surface area contributed by atoms with Gasteiger partial charge in [0.15, 0.2) is 29.1 Å². The zero-order valence-corrected chi connectivity index (χ0v) is 21.4. The van der Waals surface area contributed by atoms with E-state index in [0.29, 0.717) is 24.5 Å². The maximum Gasteiger partial charge on any atom is 0.254 e. The first-order valence-corrected chi connectivity index (χ1v) is 12.1. The molecule has 0 atom stereocenters. The average molecular weight is 539 g/mol. The third-order valence-electron chi connectivity index (χ3n) is 6.05. The minimum absolute atomic E-state index is 0.0997. The number of likely N-dealkylation sites (tertiary alicyclic amines) is 1. The van der Waals surface area contributed by atoms with E-state index in [1.165, 1.54) is 29.2 Å². The van der Waals surface area contributed by atoms with Crippen LogP contribution in [0, 0.1) is 23.3 Å². The molecule has 1 fully saturated rings. The molecule has 0 bridgehead atoms. The third kappa shape index (κ3) is 7.00. The number of hydrogen-bond acceptors (Lipinski definition) is 4. The summed E-state index contributed by atoms with van der Waals surface area (Å²) in [4.78, 5) is 30.2. The number of piperidine rings is 1. The summed E-state index contributed by atoms with van der Waals surface area (Å²) in [7, 11) is 3.83. The summed E-state index contributed by atoms with van der Waals surface area (Å²) in [6.45, 7) is 0.906. The van der Waals surface area contributed by atoms with Crippen LogP contribution in [0.1, 0.15) is 21.5 Å². The van der Waals surface area contributed by atoms with Gasteiger partial charge in [-0.3, -0.25) is 9.59 Å². The van der Waals surface area contributed by atoms with Crippen molar-refractivity contribution in [3.05, 3.63) is 112 Å². The number of rotatable bonds is 7. The van der Waals surface area contributed by atoms with Crippen LogP contribution in [-0.4, -0.2) is 61.8 Å². The van der Waals surface area contributed by atoms with Crippen LogP contribution in [0.3, 0.4) is 0 Å². The van der Waals surface area contributed by atoms with Gasteiger partial charge < -0.3 is 14.5 Å². The molecular formula is C30H26F4N2O3. The Morgan fingerprint density at radius 1 is 0.846 bits per heavy atom. The van der Waals surface area contributed by atoms with Gasteiger partial charge in [-0.15, -0.1) is 0 Å². The normalized spacial score (nSPS) is 15.9. The van der Waals surface area contributed by atoms with Crippen molar-refractivity contribution < 1.29 is 31.9 Å². The molecule has 0 aromatic heterocycles. The standard InChI is InChI=1S/C30H26F4N2O3/c1-35(2)10-11-39-24-5-3-4-21(16-24)30(38)36-17-22(12-19-6-8-25(31)27(33)14-19)29(37)23(18-36)13-20-7-9-26(32)28(34)15-20/h3-9,12-16H,10-11,17-18H2,1-2H3/b22-12+,23-13+. The van der Waals surface area contributed by atoms with Gasteiger partial charge >= 0.3 is 0 Å². The van der Waals surface area contributed by atoms with Crippen molar-refractivity contribution >= 4 is 23.8 Å². The molecule has 0 aliphatic carbocycles. The van der Waals surface area contributed by atoms with Crippen molar-refractivity contribution in [3.63, 3.8) is 0 Å². The highest BCUT2D eigenvalue weighted by molar-refractivity contribution is 6.15. The molecule has 1 saturated heterocycles. The minimum atomic E-state index is -1.08. The van der Waals surface area contributed by atoms with E-state index in [0.717, 1.165) is 24.3 Å². The van der Waals surface area contributed by atoms with Gasteiger partial charge in [-0.25, -0.2) is 17.6 Å². The number of likely N-dealkylation sites (N-methyl/N-ethyl adjacent to an activating group) is 1. The fraction of sp³-hybridized carbons (Fsp3) is 0.200. The van der Waals surface area contributed by atoms with E-state index in [9.17, 15) is 27.2 Å². The summed E-state index contributed by atoms with van der Waals surface area (Å²) in [5.41, 5.74) is 1.08. The zero-order valence-electron chi connectivity index (χ0n) is 21.4. The van der Waals surface area contributed by atoms with E-state index in [1.54, 1.807) is 24.3 Å². The molecule has 1 aliphatic rings. The van der Waals surface area contributed by atoms with Crippen molar-refractivity contribution in [2.45, 2.75) is 0 Å². The van der Waals surface area contributed by atoms with E-state index in [4.69, 9.17) is 4.74 Å². The Hall–Kier alpha value is -4.24. The summed E-state index contributed by atoms with van der Waals surface area (Å²) in [5, 5.41) is 0. The Kier molecular flexibility index (Phi) is 8.61. The quantitative estimate of drug-likeness (QED) is 0.300. The molecule has 202 valence electrons. The molecule has 4 rings (SSSR count). The molecule has 0 radical (unpaired) electrons. The predicted molar refractivity (Wildman–Crippen MR) is 140 cm³/mol. The summed E-state index contributed by atoms with van der Waals surface area (Å²) in [6.07, 6.45) is 2.76. The van der Waals surface area contributed by atoms with E-state index in [-0.39, 0.29) is 35.4 Å². The molecule has 0 saturated carbocycles. The van der Waals surface area contributed by atoms with E-state index in [1.807, 2.05) is 19.0 Å². The number of amides is 1. The first-order valence-electron chi connectivity index (χ1n) is 12.1. The van der Waals surface area contributed by atoms with Crippen molar-refractivity contribution in [1.29, 1.82) is 0 Å². The predicted octanol–water partition coefficient (Wildman–Crippen LogP) is 5.38. The number of halogens is 4. The Morgan fingerprint density at radius 2 is 1.41 bits per heavy atom. The van der Waals surface area contributed by atoms with Crippen LogP contribution in [0.2, 0.25) is 0 Å². The van der Waals surface area contributed by atoms with Crippen LogP contribution < -0.4 is 4.74 Å². The Balaban J connectivity index is 1.67. The maximum atomic E-state index is 13.8. The number of hydrogen-bond donors (Lipinski definition) is 0. The Labute approximate surface area is 223 Å². The average Bonchev–Trinajstić information content (AvgIpc) is 2.90. The topological polar surface area (TPSA) is 49.9 Å². The van der Waals surface area contributed by atoms with Crippen LogP contribution >= 0.6 is 0 Å². The van der Waals surface area contributed by atoms with E-state index >= 15 is 0 Å². The lowest BCUT2D eigenvalue weighted by molar-refractivity contribution is -0.113. The fourth-order valence-corrected chi connectivity index (χ4v) is 4.04. The minimum Gasteiger partial charge on any atom is -0.492 e. The number of ketones is 1. The number of nitrogens with zero attached hydrogens (tertiary/aromatic N) is 2. The first-order chi connectivity index (χ1) is 18.6.